The molecule has 4 heterocycles. The Labute approximate surface area is 221 Å². The fourth-order valence-electron chi connectivity index (χ4n) is 5.13. The minimum Gasteiger partial charge on any atom is -0.374 e. The van der Waals surface area contributed by atoms with Crippen molar-refractivity contribution in [1.82, 2.24) is 29.4 Å². The molecule has 38 heavy (non-hydrogen) atoms. The van der Waals surface area contributed by atoms with Crippen LogP contribution in [0.4, 0.5) is 10.1 Å². The maximum Gasteiger partial charge on any atom is 0.274 e. The van der Waals surface area contributed by atoms with Crippen LogP contribution in [0.3, 0.4) is 0 Å². The number of benzene rings is 1. The molecule has 0 aliphatic carbocycles. The van der Waals surface area contributed by atoms with E-state index in [4.69, 9.17) is 0 Å². The summed E-state index contributed by atoms with van der Waals surface area (Å²) in [6.45, 7) is 5.87. The van der Waals surface area contributed by atoms with Crippen LogP contribution in [0.2, 0.25) is 0 Å². The van der Waals surface area contributed by atoms with E-state index >= 15 is 0 Å². The molecule has 4 aromatic rings. The van der Waals surface area contributed by atoms with Gasteiger partial charge in [-0.3, -0.25) is 19.2 Å². The Morgan fingerprint density at radius 1 is 1.24 bits per heavy atom. The first-order valence-electron chi connectivity index (χ1n) is 13.1. The number of rotatable bonds is 10. The standard InChI is InChI=1S/C28H34FN7O2/c1-3-4-19-7-10-35(17-19)12-9-30-27(37)21-5-6-23(29)24(13-21)33-28(38)25-16-31-26-14-20(8-11-36(25)26)22-15-32-34(2)18-22/h5-6,8,11,13-16,18-19,27,30,37H,3-4,7,9-10,12,17H2,1-2H3,(H,33,38). The van der Waals surface area contributed by atoms with E-state index in [9.17, 15) is 14.3 Å². The van der Waals surface area contributed by atoms with Crippen LogP contribution in [0.5, 0.6) is 0 Å². The third-order valence-corrected chi connectivity index (χ3v) is 7.17. The molecule has 2 atom stereocenters. The summed E-state index contributed by atoms with van der Waals surface area (Å²) >= 11 is 0. The summed E-state index contributed by atoms with van der Waals surface area (Å²) in [6.07, 6.45) is 9.61. The molecule has 200 valence electrons. The number of carbonyl (C=O) groups excluding carboxylic acids is 1. The number of aliphatic hydroxyl groups excluding tert-OH is 1. The molecule has 1 aromatic carbocycles. The van der Waals surface area contributed by atoms with Crippen molar-refractivity contribution in [3.05, 3.63) is 72.2 Å². The van der Waals surface area contributed by atoms with E-state index < -0.39 is 18.0 Å². The van der Waals surface area contributed by atoms with E-state index in [1.165, 1.54) is 43.7 Å². The number of pyridine rings is 1. The van der Waals surface area contributed by atoms with Gasteiger partial charge >= 0.3 is 0 Å². The van der Waals surface area contributed by atoms with E-state index in [1.54, 1.807) is 21.5 Å². The number of amides is 1. The van der Waals surface area contributed by atoms with Gasteiger partial charge in [-0.15, -0.1) is 0 Å². The molecule has 0 bridgehead atoms. The van der Waals surface area contributed by atoms with E-state index in [-0.39, 0.29) is 11.4 Å². The predicted octanol–water partition coefficient (Wildman–Crippen LogP) is 3.83. The highest BCUT2D eigenvalue weighted by Gasteiger charge is 2.21. The zero-order valence-corrected chi connectivity index (χ0v) is 21.8. The number of nitrogens with one attached hydrogen (secondary N) is 2. The SMILES string of the molecule is CCCC1CCN(CCNC(O)c2ccc(F)c(NC(=O)c3cnc4cc(-c5cnn(C)c5)ccn34)c2)C1. The highest BCUT2D eigenvalue weighted by Crippen LogP contribution is 2.24. The van der Waals surface area contributed by atoms with Gasteiger partial charge in [0.15, 0.2) is 0 Å². The second-order valence-electron chi connectivity index (χ2n) is 9.98. The summed E-state index contributed by atoms with van der Waals surface area (Å²) in [5.41, 5.74) is 3.20. The highest BCUT2D eigenvalue weighted by molar-refractivity contribution is 6.03. The maximum absolute atomic E-state index is 14.6. The summed E-state index contributed by atoms with van der Waals surface area (Å²) in [5.74, 6) is -0.314. The monoisotopic (exact) mass is 519 g/mol. The normalized spacial score (nSPS) is 16.8. The van der Waals surface area contributed by atoms with Crippen molar-refractivity contribution < 1.29 is 14.3 Å². The van der Waals surface area contributed by atoms with Crippen LogP contribution >= 0.6 is 0 Å². The molecular weight excluding hydrogens is 485 g/mol. The second kappa shape index (κ2) is 11.4. The van der Waals surface area contributed by atoms with Crippen molar-refractivity contribution in [2.45, 2.75) is 32.4 Å². The Hall–Kier alpha value is -3.60. The molecule has 1 aliphatic heterocycles. The van der Waals surface area contributed by atoms with Gasteiger partial charge in [-0.1, -0.05) is 19.4 Å². The van der Waals surface area contributed by atoms with Crippen LogP contribution in [0.1, 0.15) is 48.5 Å². The first kappa shape index (κ1) is 26.0. The minimum absolute atomic E-state index is 0.00256. The lowest BCUT2D eigenvalue weighted by molar-refractivity contribution is 0.102. The van der Waals surface area contributed by atoms with Crippen LogP contribution in [0.25, 0.3) is 16.8 Å². The average Bonchev–Trinajstić information content (AvgIpc) is 3.65. The van der Waals surface area contributed by atoms with Gasteiger partial charge in [-0.05, 0) is 60.7 Å². The van der Waals surface area contributed by atoms with Crippen LogP contribution in [-0.4, -0.2) is 61.3 Å². The molecule has 9 nitrogen and oxygen atoms in total. The number of aryl methyl sites for hydroxylation is 1. The summed E-state index contributed by atoms with van der Waals surface area (Å²) in [5, 5.41) is 20.6. The highest BCUT2D eigenvalue weighted by atomic mass is 19.1. The van der Waals surface area contributed by atoms with E-state index in [1.807, 2.05) is 25.4 Å². The number of hydrogen-bond donors (Lipinski definition) is 3. The lowest BCUT2D eigenvalue weighted by atomic mass is 10.0. The molecule has 1 fully saturated rings. The van der Waals surface area contributed by atoms with Gasteiger partial charge in [0.05, 0.1) is 18.1 Å². The molecule has 3 aromatic heterocycles. The molecule has 1 aliphatic rings. The Morgan fingerprint density at radius 2 is 2.11 bits per heavy atom. The van der Waals surface area contributed by atoms with Crippen LogP contribution < -0.4 is 10.6 Å². The van der Waals surface area contributed by atoms with Gasteiger partial charge < -0.3 is 15.3 Å². The summed E-state index contributed by atoms with van der Waals surface area (Å²) in [7, 11) is 1.85. The predicted molar refractivity (Wildman–Crippen MR) is 144 cm³/mol. The number of likely N-dealkylation sites (tertiary alicyclic amines) is 1. The summed E-state index contributed by atoms with van der Waals surface area (Å²) < 4.78 is 18.0. The molecule has 5 rings (SSSR count). The van der Waals surface area contributed by atoms with Crippen molar-refractivity contribution in [1.29, 1.82) is 0 Å². The number of nitrogens with zero attached hydrogens (tertiary/aromatic N) is 5. The molecular formula is C28H34FN7O2. The Morgan fingerprint density at radius 3 is 2.89 bits per heavy atom. The summed E-state index contributed by atoms with van der Waals surface area (Å²) in [6, 6.07) is 7.97. The number of carbonyl (C=O) groups is 1. The van der Waals surface area contributed by atoms with Crippen LogP contribution in [0.15, 0.2) is 55.1 Å². The molecule has 2 unspecified atom stereocenters. The average molecular weight is 520 g/mol. The van der Waals surface area contributed by atoms with Crippen LogP contribution in [-0.2, 0) is 7.05 Å². The van der Waals surface area contributed by atoms with Crippen molar-refractivity contribution in [2.24, 2.45) is 13.0 Å². The van der Waals surface area contributed by atoms with Gasteiger partial charge in [0.1, 0.15) is 23.4 Å². The molecule has 1 saturated heterocycles. The van der Waals surface area contributed by atoms with Crippen molar-refractivity contribution in [3.63, 3.8) is 0 Å². The van der Waals surface area contributed by atoms with Crippen molar-refractivity contribution in [3.8, 4) is 11.1 Å². The Kier molecular flexibility index (Phi) is 7.82. The quantitative estimate of drug-likeness (QED) is 0.276. The lowest BCUT2D eigenvalue weighted by Crippen LogP contribution is -2.32. The summed E-state index contributed by atoms with van der Waals surface area (Å²) in [4.78, 5) is 19.8. The minimum atomic E-state index is -0.970. The molecule has 3 N–H and O–H groups in total. The van der Waals surface area contributed by atoms with Crippen molar-refractivity contribution in [2.75, 3.05) is 31.5 Å². The third kappa shape index (κ3) is 5.77. The number of imidazole rings is 1. The van der Waals surface area contributed by atoms with Crippen molar-refractivity contribution >= 4 is 17.2 Å². The van der Waals surface area contributed by atoms with E-state index in [0.29, 0.717) is 17.8 Å². The number of halogens is 1. The Bertz CT molecular complexity index is 1420. The number of anilines is 1. The van der Waals surface area contributed by atoms with Gasteiger partial charge in [0.2, 0.25) is 0 Å². The molecule has 0 saturated carbocycles. The maximum atomic E-state index is 14.6. The largest absolute Gasteiger partial charge is 0.374 e. The number of hydrogen-bond acceptors (Lipinski definition) is 6. The van der Waals surface area contributed by atoms with E-state index in [2.05, 4.69) is 32.5 Å². The smallest absolute Gasteiger partial charge is 0.274 e. The molecule has 10 heteroatoms. The molecule has 0 spiro atoms. The van der Waals surface area contributed by atoms with Crippen LogP contribution in [0, 0.1) is 11.7 Å². The first-order valence-corrected chi connectivity index (χ1v) is 13.1. The molecule has 1 amide bonds. The van der Waals surface area contributed by atoms with Gasteiger partial charge in [0.25, 0.3) is 5.91 Å². The third-order valence-electron chi connectivity index (χ3n) is 7.17. The number of fused-ring (bicyclic) bond motifs is 1. The number of aromatic nitrogens is 4. The lowest BCUT2D eigenvalue weighted by Gasteiger charge is -2.19. The topological polar surface area (TPSA) is 99.7 Å². The van der Waals surface area contributed by atoms with Gasteiger partial charge in [0, 0.05) is 44.6 Å². The molecule has 0 radical (unpaired) electrons. The first-order chi connectivity index (χ1) is 18.4. The van der Waals surface area contributed by atoms with Gasteiger partial charge in [-0.2, -0.15) is 5.10 Å². The fourth-order valence-corrected chi connectivity index (χ4v) is 5.13. The Balaban J connectivity index is 1.22. The zero-order valence-electron chi connectivity index (χ0n) is 21.8. The fraction of sp³-hybridized carbons (Fsp3) is 0.393. The van der Waals surface area contributed by atoms with E-state index in [0.717, 1.165) is 36.7 Å². The second-order valence-corrected chi connectivity index (χ2v) is 9.98. The zero-order chi connectivity index (χ0) is 26.6. The van der Waals surface area contributed by atoms with Gasteiger partial charge in [-0.25, -0.2) is 9.37 Å². The number of aliphatic hydroxyl groups is 1.